The predicted molar refractivity (Wildman–Crippen MR) is 64.2 cm³/mol. The molecule has 1 aliphatic heterocycles. The molecule has 0 spiro atoms. The van der Waals surface area contributed by atoms with Crippen LogP contribution in [0.2, 0.25) is 0 Å². The Kier molecular flexibility index (Phi) is 3.49. The molecule has 0 aliphatic carbocycles. The lowest BCUT2D eigenvalue weighted by Crippen LogP contribution is -2.40. The van der Waals surface area contributed by atoms with Crippen LogP contribution in [0.15, 0.2) is 24.3 Å². The maximum Gasteiger partial charge on any atom is 0.326 e. The molecule has 19 heavy (non-hydrogen) atoms. The van der Waals surface area contributed by atoms with E-state index in [4.69, 9.17) is 10.4 Å². The van der Waals surface area contributed by atoms with Gasteiger partial charge in [0, 0.05) is 18.5 Å². The molecule has 1 amide bonds. The molecule has 1 aromatic carbocycles. The van der Waals surface area contributed by atoms with Crippen LogP contribution in [0.1, 0.15) is 22.3 Å². The summed E-state index contributed by atoms with van der Waals surface area (Å²) in [6.07, 6.45) is -0.777. The molecular formula is C13H12N2O4. The zero-order chi connectivity index (χ0) is 14.0. The third kappa shape index (κ3) is 2.56. The maximum absolute atomic E-state index is 12.2. The van der Waals surface area contributed by atoms with Crippen molar-refractivity contribution in [2.45, 2.75) is 18.6 Å². The van der Waals surface area contributed by atoms with Gasteiger partial charge in [-0.05, 0) is 24.3 Å². The van der Waals surface area contributed by atoms with Gasteiger partial charge in [0.25, 0.3) is 5.91 Å². The molecule has 1 aromatic rings. The smallest absolute Gasteiger partial charge is 0.326 e. The number of likely N-dealkylation sites (tertiary alicyclic amines) is 1. The zero-order valence-corrected chi connectivity index (χ0v) is 9.98. The fourth-order valence-corrected chi connectivity index (χ4v) is 2.13. The standard InChI is InChI=1S/C13H12N2O4/c14-6-8-1-3-9(4-2-8)12(17)15-7-10(16)5-11(15)13(18)19/h1-4,10-11,16H,5,7H2,(H,18,19)/t10?,11-/m0/s1. The Bertz CT molecular complexity index is 547. The monoisotopic (exact) mass is 260 g/mol. The number of β-amino-alcohol motifs (C(OH)–C–C–N with tert-alkyl or cyclic N) is 1. The van der Waals surface area contributed by atoms with Crippen LogP contribution in [0.5, 0.6) is 0 Å². The van der Waals surface area contributed by atoms with Gasteiger partial charge in [-0.25, -0.2) is 4.79 Å². The normalized spacial score (nSPS) is 22.0. The van der Waals surface area contributed by atoms with Crippen molar-refractivity contribution in [3.05, 3.63) is 35.4 Å². The Morgan fingerprint density at radius 3 is 2.47 bits per heavy atom. The van der Waals surface area contributed by atoms with E-state index in [1.165, 1.54) is 24.3 Å². The predicted octanol–water partition coefficient (Wildman–Crippen LogP) is 0.218. The molecule has 98 valence electrons. The average Bonchev–Trinajstić information content (AvgIpc) is 2.80. The second-order valence-electron chi connectivity index (χ2n) is 4.39. The van der Waals surface area contributed by atoms with Crippen molar-refractivity contribution in [1.82, 2.24) is 4.90 Å². The minimum Gasteiger partial charge on any atom is -0.480 e. The summed E-state index contributed by atoms with van der Waals surface area (Å²) in [5.74, 6) is -1.58. The fourth-order valence-electron chi connectivity index (χ4n) is 2.13. The highest BCUT2D eigenvalue weighted by atomic mass is 16.4. The summed E-state index contributed by atoms with van der Waals surface area (Å²) in [5.41, 5.74) is 0.729. The van der Waals surface area contributed by atoms with Crippen LogP contribution in [0, 0.1) is 11.3 Å². The minimum absolute atomic E-state index is 0.00972. The van der Waals surface area contributed by atoms with E-state index in [9.17, 15) is 14.7 Å². The molecule has 1 heterocycles. The van der Waals surface area contributed by atoms with E-state index in [-0.39, 0.29) is 13.0 Å². The number of carboxylic acids is 1. The molecule has 1 fully saturated rings. The number of amides is 1. The van der Waals surface area contributed by atoms with E-state index >= 15 is 0 Å². The van der Waals surface area contributed by atoms with Gasteiger partial charge in [0.15, 0.2) is 0 Å². The van der Waals surface area contributed by atoms with E-state index in [0.29, 0.717) is 11.1 Å². The van der Waals surface area contributed by atoms with Gasteiger partial charge in [-0.1, -0.05) is 0 Å². The minimum atomic E-state index is -1.13. The molecule has 0 bridgehead atoms. The summed E-state index contributed by atoms with van der Waals surface area (Å²) in [7, 11) is 0. The van der Waals surface area contributed by atoms with Crippen LogP contribution in [0.3, 0.4) is 0 Å². The van der Waals surface area contributed by atoms with E-state index in [1.807, 2.05) is 6.07 Å². The van der Waals surface area contributed by atoms with Gasteiger partial charge < -0.3 is 15.1 Å². The number of aliphatic hydroxyl groups excluding tert-OH is 1. The average molecular weight is 260 g/mol. The fraction of sp³-hybridized carbons (Fsp3) is 0.308. The molecule has 0 aromatic heterocycles. The molecule has 6 nitrogen and oxygen atoms in total. The molecule has 1 aliphatic rings. The Balaban J connectivity index is 2.22. The number of hydrogen-bond donors (Lipinski definition) is 2. The van der Waals surface area contributed by atoms with Crippen molar-refractivity contribution in [3.8, 4) is 6.07 Å². The number of hydrogen-bond acceptors (Lipinski definition) is 4. The first-order valence-electron chi connectivity index (χ1n) is 5.75. The summed E-state index contributed by atoms with van der Waals surface area (Å²) in [6, 6.07) is 6.88. The molecule has 6 heteroatoms. The Morgan fingerprint density at radius 2 is 1.95 bits per heavy atom. The maximum atomic E-state index is 12.2. The molecule has 2 atom stereocenters. The van der Waals surface area contributed by atoms with Crippen LogP contribution in [-0.4, -0.2) is 45.7 Å². The quantitative estimate of drug-likeness (QED) is 0.791. The largest absolute Gasteiger partial charge is 0.480 e. The van der Waals surface area contributed by atoms with Gasteiger partial charge in [0.2, 0.25) is 0 Å². The van der Waals surface area contributed by atoms with Crippen molar-refractivity contribution < 1.29 is 19.8 Å². The van der Waals surface area contributed by atoms with Crippen molar-refractivity contribution >= 4 is 11.9 Å². The SMILES string of the molecule is N#Cc1ccc(C(=O)N2CC(O)C[C@H]2C(=O)O)cc1. The lowest BCUT2D eigenvalue weighted by molar-refractivity contribution is -0.141. The van der Waals surface area contributed by atoms with Gasteiger partial charge in [0.05, 0.1) is 17.7 Å². The molecular weight excluding hydrogens is 248 g/mol. The topological polar surface area (TPSA) is 102 Å². The second kappa shape index (κ2) is 5.08. The van der Waals surface area contributed by atoms with Crippen molar-refractivity contribution in [2.75, 3.05) is 6.54 Å². The van der Waals surface area contributed by atoms with Gasteiger partial charge in [-0.3, -0.25) is 4.79 Å². The van der Waals surface area contributed by atoms with Gasteiger partial charge in [-0.15, -0.1) is 0 Å². The number of carbonyl (C=O) groups is 2. The van der Waals surface area contributed by atoms with Crippen LogP contribution in [0.25, 0.3) is 0 Å². The highest BCUT2D eigenvalue weighted by molar-refractivity contribution is 5.97. The van der Waals surface area contributed by atoms with Gasteiger partial charge >= 0.3 is 5.97 Å². The number of aliphatic carboxylic acids is 1. The summed E-state index contributed by atoms with van der Waals surface area (Å²) >= 11 is 0. The van der Waals surface area contributed by atoms with E-state index in [2.05, 4.69) is 0 Å². The number of rotatable bonds is 2. The molecule has 0 saturated carbocycles. The van der Waals surface area contributed by atoms with E-state index in [0.717, 1.165) is 4.90 Å². The lowest BCUT2D eigenvalue weighted by Gasteiger charge is -2.21. The number of carbonyl (C=O) groups excluding carboxylic acids is 1. The number of benzene rings is 1. The number of nitriles is 1. The van der Waals surface area contributed by atoms with E-state index < -0.39 is 24.0 Å². The first kappa shape index (κ1) is 13.1. The van der Waals surface area contributed by atoms with Crippen LogP contribution in [0.4, 0.5) is 0 Å². The Hall–Kier alpha value is -2.39. The highest BCUT2D eigenvalue weighted by Gasteiger charge is 2.39. The number of aliphatic hydroxyl groups is 1. The van der Waals surface area contributed by atoms with Crippen LogP contribution >= 0.6 is 0 Å². The van der Waals surface area contributed by atoms with Crippen LogP contribution in [-0.2, 0) is 4.79 Å². The third-order valence-electron chi connectivity index (χ3n) is 3.09. The Morgan fingerprint density at radius 1 is 1.32 bits per heavy atom. The molecule has 0 radical (unpaired) electrons. The first-order chi connectivity index (χ1) is 9.02. The molecule has 2 N–H and O–H groups in total. The summed E-state index contributed by atoms with van der Waals surface area (Å²) in [6.45, 7) is 0.00972. The zero-order valence-electron chi connectivity index (χ0n) is 9.98. The van der Waals surface area contributed by atoms with Gasteiger partial charge in [0.1, 0.15) is 6.04 Å². The number of nitrogens with zero attached hydrogens (tertiary/aromatic N) is 2. The molecule has 2 rings (SSSR count). The van der Waals surface area contributed by atoms with Gasteiger partial charge in [-0.2, -0.15) is 5.26 Å². The van der Waals surface area contributed by atoms with E-state index in [1.54, 1.807) is 0 Å². The third-order valence-corrected chi connectivity index (χ3v) is 3.09. The number of carboxylic acid groups (broad SMARTS) is 1. The molecule has 1 saturated heterocycles. The lowest BCUT2D eigenvalue weighted by atomic mass is 10.1. The second-order valence-corrected chi connectivity index (χ2v) is 4.39. The summed E-state index contributed by atoms with van der Waals surface area (Å²) in [5, 5.41) is 27.2. The summed E-state index contributed by atoms with van der Waals surface area (Å²) < 4.78 is 0. The Labute approximate surface area is 109 Å². The first-order valence-corrected chi connectivity index (χ1v) is 5.75. The summed E-state index contributed by atoms with van der Waals surface area (Å²) in [4.78, 5) is 24.4. The van der Waals surface area contributed by atoms with Crippen molar-refractivity contribution in [2.24, 2.45) is 0 Å². The van der Waals surface area contributed by atoms with Crippen LogP contribution < -0.4 is 0 Å². The molecule has 1 unspecified atom stereocenters. The highest BCUT2D eigenvalue weighted by Crippen LogP contribution is 2.21. The van der Waals surface area contributed by atoms with Crippen molar-refractivity contribution in [3.63, 3.8) is 0 Å². The van der Waals surface area contributed by atoms with Crippen molar-refractivity contribution in [1.29, 1.82) is 5.26 Å².